The fourth-order valence-electron chi connectivity index (χ4n) is 2.67. The molecule has 1 N–H and O–H groups in total. The number of nitrogens with zero attached hydrogens (tertiary/aromatic N) is 3. The molecule has 0 saturated heterocycles. The molecule has 0 radical (unpaired) electrons. The van der Waals surface area contributed by atoms with E-state index in [1.807, 2.05) is 0 Å². The number of hydrogen-bond acceptors (Lipinski definition) is 3. The van der Waals surface area contributed by atoms with Gasteiger partial charge >= 0.3 is 0 Å². The summed E-state index contributed by atoms with van der Waals surface area (Å²) in [5.41, 5.74) is 0.854. The van der Waals surface area contributed by atoms with Gasteiger partial charge in [-0.15, -0.1) is 0 Å². The highest BCUT2D eigenvalue weighted by Gasteiger charge is 2.20. The van der Waals surface area contributed by atoms with Gasteiger partial charge in [-0.3, -0.25) is 14.3 Å². The Morgan fingerprint density at radius 2 is 1.86 bits per heavy atom. The lowest BCUT2D eigenvalue weighted by molar-refractivity contribution is 0.0777. The van der Waals surface area contributed by atoms with Crippen molar-refractivity contribution in [3.63, 3.8) is 0 Å². The third-order valence-corrected chi connectivity index (χ3v) is 4.50. The molecule has 0 saturated carbocycles. The Morgan fingerprint density at radius 3 is 2.57 bits per heavy atom. The molecule has 0 aliphatic carbocycles. The average molecular weight is 401 g/mol. The molecule has 1 heterocycles. The SMILES string of the molecule is CN(Cc1ccccc1F)C(=O)c1cc(NC(=O)c2ccccc2Cl)n(C)n1. The van der Waals surface area contributed by atoms with Gasteiger partial charge in [-0.2, -0.15) is 5.10 Å². The molecule has 3 rings (SSSR count). The van der Waals surface area contributed by atoms with Crippen molar-refractivity contribution in [3.05, 3.63) is 82.3 Å². The zero-order valence-corrected chi connectivity index (χ0v) is 16.1. The van der Waals surface area contributed by atoms with Crippen molar-refractivity contribution in [3.8, 4) is 0 Å². The van der Waals surface area contributed by atoms with Crippen molar-refractivity contribution in [1.29, 1.82) is 0 Å². The van der Waals surface area contributed by atoms with Gasteiger partial charge < -0.3 is 10.2 Å². The van der Waals surface area contributed by atoms with E-state index in [9.17, 15) is 14.0 Å². The second-order valence-electron chi connectivity index (χ2n) is 6.23. The molecule has 144 valence electrons. The van der Waals surface area contributed by atoms with Crippen molar-refractivity contribution in [2.24, 2.45) is 7.05 Å². The third-order valence-electron chi connectivity index (χ3n) is 4.17. The largest absolute Gasteiger partial charge is 0.336 e. The molecule has 0 aliphatic rings. The van der Waals surface area contributed by atoms with Crippen molar-refractivity contribution in [1.82, 2.24) is 14.7 Å². The van der Waals surface area contributed by atoms with E-state index < -0.39 is 11.8 Å². The number of carbonyl (C=O) groups excluding carboxylic acids is 2. The summed E-state index contributed by atoms with van der Waals surface area (Å²) in [5.74, 6) is -0.840. The van der Waals surface area contributed by atoms with E-state index >= 15 is 0 Å². The van der Waals surface area contributed by atoms with Crippen LogP contribution in [0.3, 0.4) is 0 Å². The predicted molar refractivity (Wildman–Crippen MR) is 105 cm³/mol. The summed E-state index contributed by atoms with van der Waals surface area (Å²) in [7, 11) is 3.17. The van der Waals surface area contributed by atoms with Crippen LogP contribution in [0.4, 0.5) is 10.2 Å². The van der Waals surface area contributed by atoms with Gasteiger partial charge in [0.05, 0.1) is 10.6 Å². The summed E-state index contributed by atoms with van der Waals surface area (Å²) in [4.78, 5) is 26.4. The van der Waals surface area contributed by atoms with Crippen molar-refractivity contribution >= 4 is 29.2 Å². The second-order valence-corrected chi connectivity index (χ2v) is 6.63. The maximum Gasteiger partial charge on any atom is 0.274 e. The van der Waals surface area contributed by atoms with Crippen LogP contribution in [0.15, 0.2) is 54.6 Å². The second kappa shape index (κ2) is 8.22. The molecule has 0 atom stereocenters. The maximum atomic E-state index is 13.8. The lowest BCUT2D eigenvalue weighted by Crippen LogP contribution is -2.27. The highest BCUT2D eigenvalue weighted by Crippen LogP contribution is 2.18. The minimum Gasteiger partial charge on any atom is -0.336 e. The number of aryl methyl sites for hydroxylation is 1. The van der Waals surface area contributed by atoms with Gasteiger partial charge in [0, 0.05) is 32.3 Å². The predicted octanol–water partition coefficient (Wildman–Crippen LogP) is 3.74. The molecule has 3 aromatic rings. The van der Waals surface area contributed by atoms with Crippen molar-refractivity contribution < 1.29 is 14.0 Å². The topological polar surface area (TPSA) is 67.2 Å². The van der Waals surface area contributed by atoms with E-state index in [0.717, 1.165) is 0 Å². The summed E-state index contributed by atoms with van der Waals surface area (Å²) in [6, 6.07) is 14.4. The maximum absolute atomic E-state index is 13.8. The highest BCUT2D eigenvalue weighted by molar-refractivity contribution is 6.34. The third kappa shape index (κ3) is 4.20. The summed E-state index contributed by atoms with van der Waals surface area (Å²) in [6.07, 6.45) is 0. The minimum atomic E-state index is -0.410. The van der Waals surface area contributed by atoms with Gasteiger partial charge in [0.1, 0.15) is 11.6 Å². The van der Waals surface area contributed by atoms with Gasteiger partial charge in [0.25, 0.3) is 11.8 Å². The lowest BCUT2D eigenvalue weighted by atomic mass is 10.2. The molecule has 2 amide bonds. The van der Waals surface area contributed by atoms with Crippen molar-refractivity contribution in [2.45, 2.75) is 6.54 Å². The van der Waals surface area contributed by atoms with Crippen LogP contribution >= 0.6 is 11.6 Å². The molecular formula is C20H18ClFN4O2. The van der Waals surface area contributed by atoms with Crippen LogP contribution in [0, 0.1) is 5.82 Å². The molecule has 0 fully saturated rings. The standard InChI is InChI=1S/C20H18ClFN4O2/c1-25(12-13-7-3-6-10-16(13)22)20(28)17-11-18(26(2)24-17)23-19(27)14-8-4-5-9-15(14)21/h3-11H,12H2,1-2H3,(H,23,27). The van der Waals surface area contributed by atoms with Gasteiger partial charge in [-0.1, -0.05) is 41.9 Å². The Labute approximate surface area is 166 Å². The number of carbonyl (C=O) groups is 2. The molecule has 2 aromatic carbocycles. The molecule has 1 aromatic heterocycles. The van der Waals surface area contributed by atoms with E-state index in [1.54, 1.807) is 56.6 Å². The minimum absolute atomic E-state index is 0.101. The molecule has 0 bridgehead atoms. The van der Waals surface area contributed by atoms with Crippen LogP contribution in [-0.4, -0.2) is 33.5 Å². The first-order valence-electron chi connectivity index (χ1n) is 8.45. The van der Waals surface area contributed by atoms with Gasteiger partial charge in [-0.25, -0.2) is 4.39 Å². The zero-order chi connectivity index (χ0) is 20.3. The Balaban J connectivity index is 1.74. The number of hydrogen-bond donors (Lipinski definition) is 1. The molecule has 0 aliphatic heterocycles. The van der Waals surface area contributed by atoms with Gasteiger partial charge in [0.15, 0.2) is 5.69 Å². The van der Waals surface area contributed by atoms with E-state index in [1.165, 1.54) is 21.7 Å². The highest BCUT2D eigenvalue weighted by atomic mass is 35.5. The molecule has 6 nitrogen and oxygen atoms in total. The van der Waals surface area contributed by atoms with Gasteiger partial charge in [0.2, 0.25) is 0 Å². The quantitative estimate of drug-likeness (QED) is 0.709. The molecule has 28 heavy (non-hydrogen) atoms. The Morgan fingerprint density at radius 1 is 1.18 bits per heavy atom. The summed E-state index contributed by atoms with van der Waals surface area (Å²) in [5, 5.41) is 7.16. The monoisotopic (exact) mass is 400 g/mol. The first-order chi connectivity index (χ1) is 13.4. The Hall–Kier alpha value is -3.19. The van der Waals surface area contributed by atoms with Gasteiger partial charge in [-0.05, 0) is 18.2 Å². The van der Waals surface area contributed by atoms with Crippen LogP contribution in [0.1, 0.15) is 26.4 Å². The summed E-state index contributed by atoms with van der Waals surface area (Å²) >= 11 is 6.04. The molecule has 0 spiro atoms. The zero-order valence-electron chi connectivity index (χ0n) is 15.3. The normalized spacial score (nSPS) is 10.6. The number of amides is 2. The fraction of sp³-hybridized carbons (Fsp3) is 0.150. The number of benzene rings is 2. The number of rotatable bonds is 5. The van der Waals surface area contributed by atoms with E-state index in [-0.39, 0.29) is 18.1 Å². The van der Waals surface area contributed by atoms with Crippen LogP contribution in [0.5, 0.6) is 0 Å². The average Bonchev–Trinajstić information content (AvgIpc) is 3.03. The molecule has 8 heteroatoms. The number of halogens is 2. The summed E-state index contributed by atoms with van der Waals surface area (Å²) < 4.78 is 15.2. The van der Waals surface area contributed by atoms with Crippen LogP contribution < -0.4 is 5.32 Å². The Kier molecular flexibility index (Phi) is 5.75. The van der Waals surface area contributed by atoms with Crippen LogP contribution in [-0.2, 0) is 13.6 Å². The Bertz CT molecular complexity index is 1030. The number of aromatic nitrogens is 2. The van der Waals surface area contributed by atoms with Crippen LogP contribution in [0.25, 0.3) is 0 Å². The molecule has 0 unspecified atom stereocenters. The number of anilines is 1. The molecular weight excluding hydrogens is 383 g/mol. The van der Waals surface area contributed by atoms with Crippen LogP contribution in [0.2, 0.25) is 5.02 Å². The van der Waals surface area contributed by atoms with E-state index in [0.29, 0.717) is 22.0 Å². The first-order valence-corrected chi connectivity index (χ1v) is 8.83. The lowest BCUT2D eigenvalue weighted by Gasteiger charge is -2.16. The summed E-state index contributed by atoms with van der Waals surface area (Å²) in [6.45, 7) is 0.101. The van der Waals surface area contributed by atoms with E-state index in [4.69, 9.17) is 11.6 Å². The first kappa shape index (κ1) is 19.6. The number of nitrogens with one attached hydrogen (secondary N) is 1. The smallest absolute Gasteiger partial charge is 0.274 e. The fourth-order valence-corrected chi connectivity index (χ4v) is 2.89. The van der Waals surface area contributed by atoms with Crippen molar-refractivity contribution in [2.75, 3.05) is 12.4 Å². The van der Waals surface area contributed by atoms with E-state index in [2.05, 4.69) is 10.4 Å².